The lowest BCUT2D eigenvalue weighted by Gasteiger charge is -2.32. The van der Waals surface area contributed by atoms with Crippen LogP contribution in [0.5, 0.6) is 0 Å². The number of nitrogens with zero attached hydrogens (tertiary/aromatic N) is 3. The molecule has 1 aromatic carbocycles. The molecule has 1 saturated heterocycles. The number of alkyl halides is 3. The molecule has 1 aromatic heterocycles. The number of amides is 1. The zero-order valence-corrected chi connectivity index (χ0v) is 17.2. The molecule has 2 atom stereocenters. The molecule has 2 heterocycles. The summed E-state index contributed by atoms with van der Waals surface area (Å²) in [5, 5.41) is 11.3. The number of likely N-dealkylation sites (tertiary alicyclic amines) is 1. The van der Waals surface area contributed by atoms with Gasteiger partial charge in [-0.25, -0.2) is 4.68 Å². The Bertz CT molecular complexity index is 888. The van der Waals surface area contributed by atoms with E-state index >= 15 is 0 Å². The molecule has 2 fully saturated rings. The fraction of sp³-hybridized carbons (Fsp3) is 0.667. The van der Waals surface area contributed by atoms with Gasteiger partial charge in [0.25, 0.3) is 5.91 Å². The summed E-state index contributed by atoms with van der Waals surface area (Å²) >= 11 is 0. The number of carbonyl (C=O) groups excluding carboxylic acids is 1. The second-order valence-electron chi connectivity index (χ2n) is 8.83. The third kappa shape index (κ3) is 4.61. The molecule has 1 aliphatic heterocycles. The molecule has 0 spiro atoms. The molecule has 1 aliphatic carbocycles. The zero-order valence-electron chi connectivity index (χ0n) is 17.2. The first-order valence-electron chi connectivity index (χ1n) is 10.9. The molecule has 6 nitrogen and oxygen atoms in total. The van der Waals surface area contributed by atoms with Crippen molar-refractivity contribution < 1.29 is 22.9 Å². The highest BCUT2D eigenvalue weighted by Gasteiger charge is 2.32. The molecule has 30 heavy (non-hydrogen) atoms. The van der Waals surface area contributed by atoms with Crippen molar-refractivity contribution in [3.8, 4) is 0 Å². The Morgan fingerprint density at radius 2 is 1.93 bits per heavy atom. The van der Waals surface area contributed by atoms with Gasteiger partial charge in [0, 0.05) is 18.9 Å². The molecule has 1 saturated carbocycles. The maximum Gasteiger partial charge on any atom is 0.416 e. The topological polar surface area (TPSA) is 64.2 Å². The minimum atomic E-state index is -4.39. The SMILES string of the molecule is C[C@H]1CCCC[C@H]1NC(=O)C[NH+]1CCC(n2nnc3cc(C(F)(F)F)ccc32)CC1. The lowest BCUT2D eigenvalue weighted by Crippen LogP contribution is -3.14. The van der Waals surface area contributed by atoms with Crippen molar-refractivity contribution in [2.45, 2.75) is 63.7 Å². The molecule has 0 unspecified atom stereocenters. The van der Waals surface area contributed by atoms with Gasteiger partial charge in [0.05, 0.1) is 30.2 Å². The fourth-order valence-electron chi connectivity index (χ4n) is 4.84. The van der Waals surface area contributed by atoms with Crippen LogP contribution in [0.3, 0.4) is 0 Å². The van der Waals surface area contributed by atoms with Crippen LogP contribution in [-0.2, 0) is 11.0 Å². The molecule has 0 bridgehead atoms. The number of quaternary nitrogens is 1. The molecule has 2 aromatic rings. The Labute approximate surface area is 173 Å². The van der Waals surface area contributed by atoms with Crippen molar-refractivity contribution in [2.24, 2.45) is 5.92 Å². The van der Waals surface area contributed by atoms with E-state index in [9.17, 15) is 18.0 Å². The molecular formula is C21H29F3N5O+. The predicted octanol–water partition coefficient (Wildman–Crippen LogP) is 2.36. The zero-order chi connectivity index (χ0) is 21.3. The fourth-order valence-corrected chi connectivity index (χ4v) is 4.84. The van der Waals surface area contributed by atoms with Crippen molar-refractivity contribution in [1.29, 1.82) is 0 Å². The van der Waals surface area contributed by atoms with Gasteiger partial charge in [0.2, 0.25) is 0 Å². The Kier molecular flexibility index (Phi) is 5.99. The summed E-state index contributed by atoms with van der Waals surface area (Å²) in [5.74, 6) is 0.662. The van der Waals surface area contributed by atoms with E-state index in [0.29, 0.717) is 24.0 Å². The Morgan fingerprint density at radius 3 is 2.63 bits per heavy atom. The van der Waals surface area contributed by atoms with Crippen LogP contribution in [0.4, 0.5) is 13.2 Å². The first kappa shape index (κ1) is 21.1. The van der Waals surface area contributed by atoms with Crippen molar-refractivity contribution in [2.75, 3.05) is 19.6 Å². The number of fused-ring (bicyclic) bond motifs is 1. The van der Waals surface area contributed by atoms with Crippen molar-refractivity contribution in [3.05, 3.63) is 23.8 Å². The molecule has 9 heteroatoms. The second kappa shape index (κ2) is 8.53. The normalized spacial score (nSPS) is 27.9. The van der Waals surface area contributed by atoms with E-state index in [1.807, 2.05) is 0 Å². The van der Waals surface area contributed by atoms with Gasteiger partial charge in [-0.3, -0.25) is 4.79 Å². The van der Waals surface area contributed by atoms with Crippen LogP contribution in [0.15, 0.2) is 18.2 Å². The van der Waals surface area contributed by atoms with Crippen LogP contribution in [0.2, 0.25) is 0 Å². The Hall–Kier alpha value is -2.16. The van der Waals surface area contributed by atoms with Crippen molar-refractivity contribution in [1.82, 2.24) is 20.3 Å². The Balaban J connectivity index is 1.33. The van der Waals surface area contributed by atoms with Crippen molar-refractivity contribution >= 4 is 16.9 Å². The van der Waals surface area contributed by atoms with Crippen LogP contribution in [0.1, 0.15) is 57.1 Å². The number of rotatable bonds is 4. The monoisotopic (exact) mass is 424 g/mol. The summed E-state index contributed by atoms with van der Waals surface area (Å²) in [7, 11) is 0. The van der Waals surface area contributed by atoms with Gasteiger partial charge in [0.15, 0.2) is 6.54 Å². The summed E-state index contributed by atoms with van der Waals surface area (Å²) in [6, 6.07) is 3.98. The van der Waals surface area contributed by atoms with E-state index in [4.69, 9.17) is 0 Å². The number of piperidine rings is 1. The highest BCUT2D eigenvalue weighted by atomic mass is 19.4. The van der Waals surface area contributed by atoms with E-state index in [-0.39, 0.29) is 17.5 Å². The van der Waals surface area contributed by atoms with Gasteiger partial charge in [0.1, 0.15) is 5.52 Å². The number of halogens is 3. The first-order valence-corrected chi connectivity index (χ1v) is 10.9. The number of benzene rings is 1. The molecular weight excluding hydrogens is 395 g/mol. The minimum absolute atomic E-state index is 0.0944. The highest BCUT2D eigenvalue weighted by Crippen LogP contribution is 2.31. The molecule has 0 radical (unpaired) electrons. The molecule has 2 aliphatic rings. The molecule has 4 rings (SSSR count). The maximum absolute atomic E-state index is 12.9. The van der Waals surface area contributed by atoms with Crippen LogP contribution in [-0.4, -0.2) is 46.6 Å². The average molecular weight is 424 g/mol. The lowest BCUT2D eigenvalue weighted by atomic mass is 9.86. The maximum atomic E-state index is 12.9. The summed E-state index contributed by atoms with van der Waals surface area (Å²) < 4.78 is 40.5. The third-order valence-electron chi connectivity index (χ3n) is 6.67. The number of hydrogen-bond donors (Lipinski definition) is 2. The van der Waals surface area contributed by atoms with Gasteiger partial charge >= 0.3 is 6.18 Å². The number of nitrogens with one attached hydrogen (secondary N) is 2. The van der Waals surface area contributed by atoms with Crippen LogP contribution in [0.25, 0.3) is 11.0 Å². The van der Waals surface area contributed by atoms with Crippen molar-refractivity contribution in [3.63, 3.8) is 0 Å². The van der Waals surface area contributed by atoms with E-state index in [1.54, 1.807) is 4.68 Å². The van der Waals surface area contributed by atoms with Gasteiger partial charge < -0.3 is 10.2 Å². The minimum Gasteiger partial charge on any atom is -0.348 e. The van der Waals surface area contributed by atoms with E-state index in [0.717, 1.165) is 44.5 Å². The summed E-state index contributed by atoms with van der Waals surface area (Å²) in [6.07, 6.45) is 1.94. The quantitative estimate of drug-likeness (QED) is 0.792. The van der Waals surface area contributed by atoms with Crippen LogP contribution < -0.4 is 10.2 Å². The first-order chi connectivity index (χ1) is 14.3. The standard InChI is InChI=1S/C21H28F3N5O/c1-14-4-2-3-5-17(14)25-20(30)13-28-10-8-16(9-11-28)29-19-7-6-15(21(22,23)24)12-18(19)26-27-29/h6-7,12,14,16-17H,2-5,8-11,13H2,1H3,(H,25,30)/p+1/t14-,17+/m0/s1. The average Bonchev–Trinajstić information content (AvgIpc) is 3.13. The molecule has 1 amide bonds. The van der Waals surface area contributed by atoms with Gasteiger partial charge in [-0.1, -0.05) is 25.0 Å². The van der Waals surface area contributed by atoms with E-state index < -0.39 is 11.7 Å². The van der Waals surface area contributed by atoms with Crippen LogP contribution >= 0.6 is 0 Å². The number of hydrogen-bond acceptors (Lipinski definition) is 3. The second-order valence-corrected chi connectivity index (χ2v) is 8.83. The molecule has 2 N–H and O–H groups in total. The van der Waals surface area contributed by atoms with Gasteiger partial charge in [-0.05, 0) is 37.0 Å². The Morgan fingerprint density at radius 1 is 1.20 bits per heavy atom. The lowest BCUT2D eigenvalue weighted by molar-refractivity contribution is -0.897. The van der Waals surface area contributed by atoms with E-state index in [2.05, 4.69) is 22.6 Å². The van der Waals surface area contributed by atoms with Gasteiger partial charge in [-0.15, -0.1) is 5.10 Å². The molecule has 164 valence electrons. The largest absolute Gasteiger partial charge is 0.416 e. The number of carbonyl (C=O) groups is 1. The van der Waals surface area contributed by atoms with E-state index in [1.165, 1.54) is 30.2 Å². The van der Waals surface area contributed by atoms with Crippen LogP contribution in [0, 0.1) is 5.92 Å². The van der Waals surface area contributed by atoms with Gasteiger partial charge in [-0.2, -0.15) is 13.2 Å². The smallest absolute Gasteiger partial charge is 0.348 e. The predicted molar refractivity (Wildman–Crippen MR) is 106 cm³/mol. The summed E-state index contributed by atoms with van der Waals surface area (Å²) in [5.41, 5.74) is 0.181. The highest BCUT2D eigenvalue weighted by molar-refractivity contribution is 5.77. The summed E-state index contributed by atoms with van der Waals surface area (Å²) in [6.45, 7) is 4.35. The third-order valence-corrected chi connectivity index (χ3v) is 6.67. The number of aromatic nitrogens is 3. The summed E-state index contributed by atoms with van der Waals surface area (Å²) in [4.78, 5) is 13.7.